The highest BCUT2D eigenvalue weighted by Crippen LogP contribution is 2.33. The van der Waals surface area contributed by atoms with E-state index in [1.807, 2.05) is 76.2 Å². The molecule has 204 valence electrons. The van der Waals surface area contributed by atoms with Crippen LogP contribution in [0.2, 0.25) is 0 Å². The maximum absolute atomic E-state index is 11.7. The molecule has 0 saturated heterocycles. The Kier molecular flexibility index (Phi) is 12.2. The zero-order valence-electron chi connectivity index (χ0n) is 22.6. The molecular formula is C29H40O6S2. The normalized spacial score (nSPS) is 14.7. The first-order valence-electron chi connectivity index (χ1n) is 12.6. The lowest BCUT2D eigenvalue weighted by Gasteiger charge is -2.27. The molecule has 6 nitrogen and oxygen atoms in total. The lowest BCUT2D eigenvalue weighted by atomic mass is 9.78. The maximum atomic E-state index is 11.7. The van der Waals surface area contributed by atoms with Gasteiger partial charge in [0, 0.05) is 15.9 Å². The summed E-state index contributed by atoms with van der Waals surface area (Å²) in [6, 6.07) is 15.9. The van der Waals surface area contributed by atoms with Gasteiger partial charge in [0.25, 0.3) is 0 Å². The van der Waals surface area contributed by atoms with E-state index in [0.29, 0.717) is 11.5 Å². The SMILES string of the molecule is CC(S)CC(=O)OCC(C)Oc1ccc(C(C)(C)c2ccc(OC(C)COC(=O)CC(C)S)cc2)cc1. The molecular weight excluding hydrogens is 508 g/mol. The number of rotatable bonds is 14. The summed E-state index contributed by atoms with van der Waals surface area (Å²) in [5.74, 6) is 0.882. The molecule has 0 aliphatic heterocycles. The van der Waals surface area contributed by atoms with Crippen molar-refractivity contribution in [3.05, 3.63) is 59.7 Å². The molecule has 0 heterocycles. The highest BCUT2D eigenvalue weighted by atomic mass is 32.1. The van der Waals surface area contributed by atoms with Gasteiger partial charge in [0.05, 0.1) is 12.8 Å². The number of benzene rings is 2. The number of ether oxygens (including phenoxy) is 4. The summed E-state index contributed by atoms with van der Waals surface area (Å²) < 4.78 is 22.3. The molecule has 8 heteroatoms. The Bertz CT molecular complexity index is 907. The molecule has 0 saturated carbocycles. The van der Waals surface area contributed by atoms with Crippen molar-refractivity contribution >= 4 is 37.2 Å². The summed E-state index contributed by atoms with van der Waals surface area (Å²) in [6.07, 6.45) is 0.0280. The molecule has 0 N–H and O–H groups in total. The van der Waals surface area contributed by atoms with Gasteiger partial charge in [0.2, 0.25) is 0 Å². The quantitative estimate of drug-likeness (QED) is 0.221. The number of hydrogen-bond donors (Lipinski definition) is 2. The highest BCUT2D eigenvalue weighted by molar-refractivity contribution is 7.81. The van der Waals surface area contributed by atoms with Crippen LogP contribution in [0.3, 0.4) is 0 Å². The summed E-state index contributed by atoms with van der Waals surface area (Å²) in [5.41, 5.74) is 2.02. The second-order valence-electron chi connectivity index (χ2n) is 10.0. The summed E-state index contributed by atoms with van der Waals surface area (Å²) in [4.78, 5) is 23.4. The zero-order chi connectivity index (χ0) is 27.6. The second-order valence-corrected chi connectivity index (χ2v) is 11.8. The Morgan fingerprint density at radius 3 is 1.30 bits per heavy atom. The van der Waals surface area contributed by atoms with E-state index in [1.165, 1.54) is 0 Å². The van der Waals surface area contributed by atoms with Crippen molar-refractivity contribution in [3.63, 3.8) is 0 Å². The number of esters is 2. The average Bonchev–Trinajstić information content (AvgIpc) is 2.81. The van der Waals surface area contributed by atoms with E-state index >= 15 is 0 Å². The fraction of sp³-hybridized carbons (Fsp3) is 0.517. The molecule has 0 fully saturated rings. The lowest BCUT2D eigenvalue weighted by Crippen LogP contribution is -2.23. The van der Waals surface area contributed by atoms with E-state index in [9.17, 15) is 9.59 Å². The Hall–Kier alpha value is -2.32. The first-order chi connectivity index (χ1) is 17.4. The van der Waals surface area contributed by atoms with E-state index in [2.05, 4.69) is 39.1 Å². The van der Waals surface area contributed by atoms with Crippen molar-refractivity contribution in [3.8, 4) is 11.5 Å². The van der Waals surface area contributed by atoms with Crippen molar-refractivity contribution in [1.29, 1.82) is 0 Å². The molecule has 4 atom stereocenters. The molecule has 0 amide bonds. The third kappa shape index (κ3) is 10.9. The minimum Gasteiger partial charge on any atom is -0.487 e. The summed E-state index contributed by atoms with van der Waals surface area (Å²) in [7, 11) is 0. The van der Waals surface area contributed by atoms with Crippen LogP contribution < -0.4 is 9.47 Å². The monoisotopic (exact) mass is 548 g/mol. The molecule has 2 aromatic carbocycles. The van der Waals surface area contributed by atoms with Crippen molar-refractivity contribution < 1.29 is 28.5 Å². The zero-order valence-corrected chi connectivity index (χ0v) is 24.4. The van der Waals surface area contributed by atoms with Crippen LogP contribution >= 0.6 is 25.3 Å². The fourth-order valence-electron chi connectivity index (χ4n) is 3.62. The molecule has 0 aromatic heterocycles. The Labute approximate surface area is 232 Å². The first kappa shape index (κ1) is 30.9. The van der Waals surface area contributed by atoms with Gasteiger partial charge < -0.3 is 18.9 Å². The van der Waals surface area contributed by atoms with E-state index in [4.69, 9.17) is 18.9 Å². The minimum absolute atomic E-state index is 0.0319. The molecule has 0 aliphatic carbocycles. The summed E-state index contributed by atoms with van der Waals surface area (Å²) >= 11 is 8.41. The van der Waals surface area contributed by atoms with Crippen LogP contribution in [0, 0.1) is 0 Å². The average molecular weight is 549 g/mol. The van der Waals surface area contributed by atoms with Crippen LogP contribution in [0.1, 0.15) is 65.5 Å². The van der Waals surface area contributed by atoms with Crippen LogP contribution in [0.5, 0.6) is 11.5 Å². The molecule has 0 radical (unpaired) electrons. The van der Waals surface area contributed by atoms with Gasteiger partial charge in [-0.2, -0.15) is 25.3 Å². The number of carbonyl (C=O) groups is 2. The van der Waals surface area contributed by atoms with E-state index in [0.717, 1.165) is 11.1 Å². The molecule has 0 spiro atoms. The van der Waals surface area contributed by atoms with E-state index in [-0.39, 0.29) is 66.1 Å². The standard InChI is InChI=1S/C29H40O6S2/c1-19(17-32-27(30)15-21(3)36)34-25-11-7-23(8-12-25)29(5,6)24-9-13-26(14-10-24)35-20(2)18-33-28(31)16-22(4)37/h7-14,19-22,36-37H,15-18H2,1-6H3. The first-order valence-corrected chi connectivity index (χ1v) is 13.6. The minimum atomic E-state index is -0.275. The number of hydrogen-bond acceptors (Lipinski definition) is 8. The smallest absolute Gasteiger partial charge is 0.307 e. The van der Waals surface area contributed by atoms with Crippen molar-refractivity contribution in [1.82, 2.24) is 0 Å². The van der Waals surface area contributed by atoms with Crippen molar-refractivity contribution in [2.75, 3.05) is 13.2 Å². The predicted molar refractivity (Wildman–Crippen MR) is 153 cm³/mol. The van der Waals surface area contributed by atoms with E-state index in [1.54, 1.807) is 0 Å². The van der Waals surface area contributed by atoms with Gasteiger partial charge in [-0.1, -0.05) is 52.0 Å². The molecule has 2 aromatic rings. The van der Waals surface area contributed by atoms with Crippen LogP contribution in [-0.2, 0) is 24.5 Å². The molecule has 37 heavy (non-hydrogen) atoms. The van der Waals surface area contributed by atoms with E-state index < -0.39 is 0 Å². The molecule has 2 rings (SSSR count). The fourth-order valence-corrected chi connectivity index (χ4v) is 3.92. The topological polar surface area (TPSA) is 71.1 Å². The van der Waals surface area contributed by atoms with Gasteiger partial charge >= 0.3 is 11.9 Å². The van der Waals surface area contributed by atoms with Crippen LogP contribution in [0.25, 0.3) is 0 Å². The van der Waals surface area contributed by atoms with Gasteiger partial charge in [-0.05, 0) is 49.2 Å². The van der Waals surface area contributed by atoms with Crippen LogP contribution in [-0.4, -0.2) is 47.9 Å². The third-order valence-corrected chi connectivity index (χ3v) is 6.07. The van der Waals surface area contributed by atoms with Gasteiger partial charge in [-0.15, -0.1) is 0 Å². The molecule has 0 bridgehead atoms. The van der Waals surface area contributed by atoms with Gasteiger partial charge in [-0.3, -0.25) is 9.59 Å². The summed E-state index contributed by atoms with van der Waals surface area (Å²) in [6.45, 7) is 12.1. The van der Waals surface area contributed by atoms with Crippen LogP contribution in [0.15, 0.2) is 48.5 Å². The number of carbonyl (C=O) groups excluding carboxylic acids is 2. The van der Waals surface area contributed by atoms with Crippen molar-refractivity contribution in [2.24, 2.45) is 0 Å². The lowest BCUT2D eigenvalue weighted by molar-refractivity contribution is -0.146. The largest absolute Gasteiger partial charge is 0.487 e. The molecule has 0 aliphatic rings. The van der Waals surface area contributed by atoms with Crippen LogP contribution in [0.4, 0.5) is 0 Å². The second kappa shape index (κ2) is 14.6. The molecule has 4 unspecified atom stereocenters. The number of thiol groups is 2. The van der Waals surface area contributed by atoms with Gasteiger partial charge in [0.1, 0.15) is 36.9 Å². The Balaban J connectivity index is 1.91. The van der Waals surface area contributed by atoms with Crippen molar-refractivity contribution in [2.45, 2.75) is 82.5 Å². The third-order valence-electron chi connectivity index (χ3n) is 5.71. The van der Waals surface area contributed by atoms with Gasteiger partial charge in [0.15, 0.2) is 0 Å². The Morgan fingerprint density at radius 2 is 1.00 bits per heavy atom. The maximum Gasteiger partial charge on any atom is 0.307 e. The Morgan fingerprint density at radius 1 is 0.676 bits per heavy atom. The van der Waals surface area contributed by atoms with Gasteiger partial charge in [-0.25, -0.2) is 0 Å². The predicted octanol–water partition coefficient (Wildman–Crippen LogP) is 6.05. The highest BCUT2D eigenvalue weighted by Gasteiger charge is 2.23. The summed E-state index contributed by atoms with van der Waals surface area (Å²) in [5, 5.41) is -0.0637.